The van der Waals surface area contributed by atoms with E-state index in [2.05, 4.69) is 5.32 Å². The van der Waals surface area contributed by atoms with Crippen LogP contribution in [0.1, 0.15) is 19.8 Å². The molecule has 0 saturated carbocycles. The van der Waals surface area contributed by atoms with Gasteiger partial charge in [0.25, 0.3) is 0 Å². The number of sulfone groups is 1. The lowest BCUT2D eigenvalue weighted by Gasteiger charge is -2.27. The van der Waals surface area contributed by atoms with E-state index in [0.29, 0.717) is 17.5 Å². The highest BCUT2D eigenvalue weighted by Crippen LogP contribution is 2.26. The molecule has 0 bridgehead atoms. The molecule has 2 atom stereocenters. The van der Waals surface area contributed by atoms with Crippen LogP contribution >= 0.6 is 11.8 Å². The molecule has 0 spiro atoms. The molecule has 0 aromatic rings. The predicted molar refractivity (Wildman–Crippen MR) is 60.5 cm³/mol. The van der Waals surface area contributed by atoms with Crippen LogP contribution in [-0.2, 0) is 9.84 Å². The molecule has 2 unspecified atom stereocenters. The minimum atomic E-state index is -2.76. The van der Waals surface area contributed by atoms with Crippen molar-refractivity contribution in [3.05, 3.63) is 0 Å². The maximum atomic E-state index is 11.4. The summed E-state index contributed by atoms with van der Waals surface area (Å²) in [5, 5.41) is 3.51. The van der Waals surface area contributed by atoms with E-state index >= 15 is 0 Å². The standard InChI is InChI=1S/C9H17NO2S2/c1-9(3-5-14(11,12)7-9)10-8-2-4-13-6-8/h8,10H,2-7H2,1H3. The van der Waals surface area contributed by atoms with Crippen LogP contribution in [0.4, 0.5) is 0 Å². The Hall–Kier alpha value is 0.260. The lowest BCUT2D eigenvalue weighted by atomic mass is 10.0. The zero-order valence-electron chi connectivity index (χ0n) is 8.45. The van der Waals surface area contributed by atoms with Gasteiger partial charge in [0.2, 0.25) is 0 Å². The zero-order chi connectivity index (χ0) is 10.2. The average Bonchev–Trinajstić information content (AvgIpc) is 2.60. The van der Waals surface area contributed by atoms with Gasteiger partial charge < -0.3 is 5.32 Å². The number of thioether (sulfide) groups is 1. The van der Waals surface area contributed by atoms with Crippen molar-refractivity contribution in [2.24, 2.45) is 0 Å². The molecule has 2 saturated heterocycles. The van der Waals surface area contributed by atoms with E-state index in [0.717, 1.165) is 12.2 Å². The summed E-state index contributed by atoms with van der Waals surface area (Å²) in [7, 11) is -2.76. The zero-order valence-corrected chi connectivity index (χ0v) is 10.1. The molecule has 0 amide bonds. The molecule has 0 radical (unpaired) electrons. The molecule has 2 aliphatic heterocycles. The Balaban J connectivity index is 1.96. The molecule has 2 aliphatic rings. The van der Waals surface area contributed by atoms with Gasteiger partial charge in [0, 0.05) is 17.3 Å². The van der Waals surface area contributed by atoms with E-state index in [4.69, 9.17) is 0 Å². The Morgan fingerprint density at radius 1 is 1.50 bits per heavy atom. The summed E-state index contributed by atoms with van der Waals surface area (Å²) in [5.74, 6) is 3.02. The van der Waals surface area contributed by atoms with E-state index in [-0.39, 0.29) is 5.54 Å². The van der Waals surface area contributed by atoms with Crippen molar-refractivity contribution < 1.29 is 8.42 Å². The summed E-state index contributed by atoms with van der Waals surface area (Å²) in [4.78, 5) is 0. The molecular formula is C9H17NO2S2. The van der Waals surface area contributed by atoms with Gasteiger partial charge in [0.05, 0.1) is 11.5 Å². The summed E-state index contributed by atoms with van der Waals surface area (Å²) in [6.45, 7) is 2.04. The van der Waals surface area contributed by atoms with Crippen LogP contribution in [-0.4, -0.2) is 43.0 Å². The highest BCUT2D eigenvalue weighted by Gasteiger charge is 2.39. The van der Waals surface area contributed by atoms with Crippen molar-refractivity contribution in [2.75, 3.05) is 23.0 Å². The largest absolute Gasteiger partial charge is 0.307 e. The van der Waals surface area contributed by atoms with Crippen LogP contribution in [0.5, 0.6) is 0 Å². The van der Waals surface area contributed by atoms with Crippen LogP contribution in [0.25, 0.3) is 0 Å². The van der Waals surface area contributed by atoms with Crippen LogP contribution in [0.3, 0.4) is 0 Å². The smallest absolute Gasteiger partial charge is 0.152 e. The van der Waals surface area contributed by atoms with Crippen molar-refractivity contribution in [3.8, 4) is 0 Å². The van der Waals surface area contributed by atoms with E-state index in [1.807, 2.05) is 18.7 Å². The maximum absolute atomic E-state index is 11.4. The van der Waals surface area contributed by atoms with Gasteiger partial charge in [-0.05, 0) is 25.5 Å². The minimum absolute atomic E-state index is 0.158. The van der Waals surface area contributed by atoms with E-state index in [1.165, 1.54) is 12.2 Å². The molecule has 0 aliphatic carbocycles. The Morgan fingerprint density at radius 3 is 2.79 bits per heavy atom. The fraction of sp³-hybridized carbons (Fsp3) is 1.00. The van der Waals surface area contributed by atoms with Gasteiger partial charge in [0.1, 0.15) is 0 Å². The first-order valence-corrected chi connectivity index (χ1v) is 8.03. The van der Waals surface area contributed by atoms with Crippen LogP contribution < -0.4 is 5.32 Å². The second-order valence-electron chi connectivity index (χ2n) is 4.61. The monoisotopic (exact) mass is 235 g/mol. The number of nitrogens with one attached hydrogen (secondary N) is 1. The van der Waals surface area contributed by atoms with Gasteiger partial charge in [0.15, 0.2) is 9.84 Å². The maximum Gasteiger partial charge on any atom is 0.152 e. The first-order valence-electron chi connectivity index (χ1n) is 5.05. The molecule has 82 valence electrons. The molecule has 0 aromatic carbocycles. The van der Waals surface area contributed by atoms with Gasteiger partial charge in [-0.1, -0.05) is 0 Å². The number of hydrogen-bond acceptors (Lipinski definition) is 4. The molecule has 2 heterocycles. The lowest BCUT2D eigenvalue weighted by Crippen LogP contribution is -2.49. The van der Waals surface area contributed by atoms with Crippen molar-refractivity contribution in [1.82, 2.24) is 5.32 Å². The second-order valence-corrected chi connectivity index (χ2v) is 7.94. The highest BCUT2D eigenvalue weighted by atomic mass is 32.2. The highest BCUT2D eigenvalue weighted by molar-refractivity contribution is 7.99. The minimum Gasteiger partial charge on any atom is -0.307 e. The van der Waals surface area contributed by atoms with Crippen molar-refractivity contribution in [1.29, 1.82) is 0 Å². The third kappa shape index (κ3) is 2.44. The molecule has 0 aromatic heterocycles. The Bertz CT molecular complexity index is 309. The summed E-state index contributed by atoms with van der Waals surface area (Å²) in [6.07, 6.45) is 1.96. The Labute approximate surface area is 89.9 Å². The first-order chi connectivity index (χ1) is 6.49. The molecule has 5 heteroatoms. The number of hydrogen-bond donors (Lipinski definition) is 1. The van der Waals surface area contributed by atoms with Crippen molar-refractivity contribution >= 4 is 21.6 Å². The first kappa shape index (κ1) is 10.8. The molecule has 14 heavy (non-hydrogen) atoms. The van der Waals surface area contributed by atoms with Gasteiger partial charge in [-0.15, -0.1) is 0 Å². The molecular weight excluding hydrogens is 218 g/mol. The SMILES string of the molecule is CC1(NC2CCSC2)CCS(=O)(=O)C1. The van der Waals surface area contributed by atoms with Gasteiger partial charge in [-0.25, -0.2) is 8.42 Å². The summed E-state index contributed by atoms with van der Waals surface area (Å²) in [5.41, 5.74) is -0.158. The van der Waals surface area contributed by atoms with Gasteiger partial charge >= 0.3 is 0 Å². The Morgan fingerprint density at radius 2 is 2.29 bits per heavy atom. The topological polar surface area (TPSA) is 46.2 Å². The lowest BCUT2D eigenvalue weighted by molar-refractivity contribution is 0.354. The molecule has 2 rings (SSSR count). The van der Waals surface area contributed by atoms with Crippen molar-refractivity contribution in [2.45, 2.75) is 31.3 Å². The number of rotatable bonds is 2. The van der Waals surface area contributed by atoms with Gasteiger partial charge in [-0.3, -0.25) is 0 Å². The average molecular weight is 235 g/mol. The molecule has 1 N–H and O–H groups in total. The van der Waals surface area contributed by atoms with Crippen LogP contribution in [0, 0.1) is 0 Å². The fourth-order valence-corrected chi connectivity index (χ4v) is 5.52. The van der Waals surface area contributed by atoms with E-state index in [1.54, 1.807) is 0 Å². The van der Waals surface area contributed by atoms with Gasteiger partial charge in [-0.2, -0.15) is 11.8 Å². The predicted octanol–water partition coefficient (Wildman–Crippen LogP) is 0.659. The quantitative estimate of drug-likeness (QED) is 0.764. The van der Waals surface area contributed by atoms with Crippen LogP contribution in [0.2, 0.25) is 0 Å². The normalized spacial score (nSPS) is 41.6. The van der Waals surface area contributed by atoms with Crippen LogP contribution in [0.15, 0.2) is 0 Å². The molecule has 2 fully saturated rings. The Kier molecular flexibility index (Phi) is 2.83. The third-order valence-electron chi connectivity index (χ3n) is 2.99. The molecule has 3 nitrogen and oxygen atoms in total. The summed E-state index contributed by atoms with van der Waals surface area (Å²) >= 11 is 1.95. The summed E-state index contributed by atoms with van der Waals surface area (Å²) in [6, 6.07) is 0.526. The fourth-order valence-electron chi connectivity index (χ4n) is 2.27. The third-order valence-corrected chi connectivity index (χ3v) is 6.05. The summed E-state index contributed by atoms with van der Waals surface area (Å²) < 4.78 is 22.7. The van der Waals surface area contributed by atoms with E-state index < -0.39 is 9.84 Å². The van der Waals surface area contributed by atoms with Crippen molar-refractivity contribution in [3.63, 3.8) is 0 Å². The second kappa shape index (κ2) is 3.68. The van der Waals surface area contributed by atoms with E-state index in [9.17, 15) is 8.42 Å².